The Morgan fingerprint density at radius 2 is 1.94 bits per heavy atom. The average Bonchev–Trinajstić information content (AvgIpc) is 2.21. The molecule has 0 radical (unpaired) electrons. The summed E-state index contributed by atoms with van der Waals surface area (Å²) >= 11 is 0. The lowest BCUT2D eigenvalue weighted by Crippen LogP contribution is -1.97. The maximum absolute atomic E-state index is 10.7. The fourth-order valence-electron chi connectivity index (χ4n) is 1.06. The van der Waals surface area contributed by atoms with Crippen LogP contribution in [-0.4, -0.2) is 33.0 Å². The van der Waals surface area contributed by atoms with E-state index in [-0.39, 0.29) is 29.9 Å². The summed E-state index contributed by atoms with van der Waals surface area (Å²) in [7, 11) is 0. The molecular formula is C11H10O5. The number of rotatable bonds is 2. The molecule has 16 heavy (non-hydrogen) atoms. The van der Waals surface area contributed by atoms with Crippen LogP contribution in [0.25, 0.3) is 0 Å². The zero-order valence-corrected chi connectivity index (χ0v) is 8.27. The number of aliphatic hydroxyl groups excluding tert-OH is 1. The molecule has 0 unspecified atom stereocenters. The number of phenols is 2. The first-order chi connectivity index (χ1) is 7.56. The van der Waals surface area contributed by atoms with Crippen LogP contribution in [0.5, 0.6) is 11.5 Å². The van der Waals surface area contributed by atoms with Gasteiger partial charge in [0.2, 0.25) is 0 Å². The molecule has 1 rings (SSSR count). The van der Waals surface area contributed by atoms with Crippen LogP contribution >= 0.6 is 0 Å². The van der Waals surface area contributed by atoms with Gasteiger partial charge >= 0.3 is 5.97 Å². The molecule has 0 aliphatic carbocycles. The molecule has 84 valence electrons. The van der Waals surface area contributed by atoms with Gasteiger partial charge in [0.15, 0.2) is 0 Å². The first kappa shape index (κ1) is 11.9. The van der Waals surface area contributed by atoms with Crippen molar-refractivity contribution < 1.29 is 25.2 Å². The molecular weight excluding hydrogens is 212 g/mol. The van der Waals surface area contributed by atoms with E-state index in [0.29, 0.717) is 0 Å². The van der Waals surface area contributed by atoms with Crippen molar-refractivity contribution in [1.29, 1.82) is 0 Å². The van der Waals surface area contributed by atoms with Crippen molar-refractivity contribution in [2.24, 2.45) is 0 Å². The third kappa shape index (κ3) is 2.65. The van der Waals surface area contributed by atoms with Crippen LogP contribution in [0.15, 0.2) is 12.1 Å². The van der Waals surface area contributed by atoms with Gasteiger partial charge in [-0.15, -0.1) is 0 Å². The Labute approximate surface area is 91.6 Å². The van der Waals surface area contributed by atoms with Crippen molar-refractivity contribution in [1.82, 2.24) is 0 Å². The minimum absolute atomic E-state index is 0.101. The van der Waals surface area contributed by atoms with Gasteiger partial charge in [-0.25, -0.2) is 4.79 Å². The fourth-order valence-corrected chi connectivity index (χ4v) is 1.06. The SMILES string of the molecule is O=C(O)c1cc(C#CCCO)c(O)cc1O. The zero-order valence-electron chi connectivity index (χ0n) is 8.27. The predicted molar refractivity (Wildman–Crippen MR) is 55.3 cm³/mol. The Hall–Kier alpha value is -2.19. The average molecular weight is 222 g/mol. The number of carboxylic acid groups (broad SMARTS) is 1. The molecule has 0 spiro atoms. The Morgan fingerprint density at radius 1 is 1.25 bits per heavy atom. The number of phenolic OH excluding ortho intramolecular Hbond substituents is 1. The molecule has 1 aromatic rings. The highest BCUT2D eigenvalue weighted by Gasteiger charge is 2.12. The number of benzene rings is 1. The van der Waals surface area contributed by atoms with E-state index in [4.69, 9.17) is 10.2 Å². The standard InChI is InChI=1S/C11H10O5/c12-4-2-1-3-7-5-8(11(15)16)10(14)6-9(7)13/h5-6,12-14H,2,4H2,(H,15,16). The molecule has 0 aliphatic rings. The van der Waals surface area contributed by atoms with Crippen LogP contribution in [0, 0.1) is 11.8 Å². The monoisotopic (exact) mass is 222 g/mol. The van der Waals surface area contributed by atoms with Gasteiger partial charge in [0.25, 0.3) is 0 Å². The second kappa shape index (κ2) is 5.05. The van der Waals surface area contributed by atoms with Gasteiger partial charge in [-0.2, -0.15) is 0 Å². The normalized spacial score (nSPS) is 9.31. The van der Waals surface area contributed by atoms with Crippen molar-refractivity contribution >= 4 is 5.97 Å². The number of aromatic carboxylic acids is 1. The van der Waals surface area contributed by atoms with E-state index in [1.165, 1.54) is 0 Å². The van der Waals surface area contributed by atoms with Crippen LogP contribution < -0.4 is 0 Å². The predicted octanol–water partition coefficient (Wildman–Crippen LogP) is 0.530. The minimum atomic E-state index is -1.30. The number of aliphatic hydroxyl groups is 1. The van der Waals surface area contributed by atoms with Gasteiger partial charge in [-0.05, 0) is 6.07 Å². The molecule has 5 nitrogen and oxygen atoms in total. The second-order valence-electron chi connectivity index (χ2n) is 2.97. The second-order valence-corrected chi connectivity index (χ2v) is 2.97. The van der Waals surface area contributed by atoms with Gasteiger partial charge < -0.3 is 20.4 Å². The molecule has 0 bridgehead atoms. The topological polar surface area (TPSA) is 98.0 Å². The molecule has 0 fully saturated rings. The number of hydrogen-bond acceptors (Lipinski definition) is 4. The highest BCUT2D eigenvalue weighted by atomic mass is 16.4. The number of hydrogen-bond donors (Lipinski definition) is 4. The van der Waals surface area contributed by atoms with E-state index in [0.717, 1.165) is 12.1 Å². The van der Waals surface area contributed by atoms with Crippen LogP contribution in [0.2, 0.25) is 0 Å². The van der Waals surface area contributed by atoms with Crippen molar-refractivity contribution in [3.63, 3.8) is 0 Å². The highest BCUT2D eigenvalue weighted by molar-refractivity contribution is 5.91. The minimum Gasteiger partial charge on any atom is -0.507 e. The third-order valence-corrected chi connectivity index (χ3v) is 1.80. The smallest absolute Gasteiger partial charge is 0.339 e. The molecule has 0 saturated heterocycles. The van der Waals surface area contributed by atoms with Gasteiger partial charge in [0, 0.05) is 12.5 Å². The van der Waals surface area contributed by atoms with Crippen molar-refractivity contribution in [2.75, 3.05) is 6.61 Å². The van der Waals surface area contributed by atoms with Crippen LogP contribution in [0.4, 0.5) is 0 Å². The molecule has 5 heteroatoms. The summed E-state index contributed by atoms with van der Waals surface area (Å²) < 4.78 is 0. The Balaban J connectivity index is 3.16. The number of carboxylic acids is 1. The van der Waals surface area contributed by atoms with Gasteiger partial charge in [0.1, 0.15) is 17.1 Å². The molecule has 0 heterocycles. The zero-order chi connectivity index (χ0) is 12.1. The molecule has 4 N–H and O–H groups in total. The van der Waals surface area contributed by atoms with Crippen LogP contribution in [0.3, 0.4) is 0 Å². The summed E-state index contributed by atoms with van der Waals surface area (Å²) in [5.74, 6) is 2.93. The summed E-state index contributed by atoms with van der Waals surface area (Å²) in [5.41, 5.74) is -0.227. The summed E-state index contributed by atoms with van der Waals surface area (Å²) in [6.45, 7) is -0.113. The summed E-state index contributed by atoms with van der Waals surface area (Å²) in [6, 6.07) is 2.00. The van der Waals surface area contributed by atoms with E-state index in [2.05, 4.69) is 11.8 Å². The fraction of sp³-hybridized carbons (Fsp3) is 0.182. The third-order valence-electron chi connectivity index (χ3n) is 1.80. The molecule has 0 amide bonds. The summed E-state index contributed by atoms with van der Waals surface area (Å²) in [5, 5.41) is 35.8. The molecule has 1 aromatic carbocycles. The Morgan fingerprint density at radius 3 is 2.50 bits per heavy atom. The maximum Gasteiger partial charge on any atom is 0.339 e. The largest absolute Gasteiger partial charge is 0.507 e. The van der Waals surface area contributed by atoms with Crippen LogP contribution in [0.1, 0.15) is 22.3 Å². The van der Waals surface area contributed by atoms with E-state index in [1.54, 1.807) is 0 Å². The van der Waals surface area contributed by atoms with Crippen molar-refractivity contribution in [3.05, 3.63) is 23.3 Å². The van der Waals surface area contributed by atoms with E-state index >= 15 is 0 Å². The van der Waals surface area contributed by atoms with Gasteiger partial charge in [-0.1, -0.05) is 11.8 Å². The van der Waals surface area contributed by atoms with Gasteiger partial charge in [-0.3, -0.25) is 0 Å². The maximum atomic E-state index is 10.7. The molecule has 0 saturated carbocycles. The lowest BCUT2D eigenvalue weighted by Gasteiger charge is -2.02. The Kier molecular flexibility index (Phi) is 3.75. The molecule has 0 aromatic heterocycles. The van der Waals surface area contributed by atoms with E-state index in [1.807, 2.05) is 0 Å². The van der Waals surface area contributed by atoms with E-state index < -0.39 is 11.7 Å². The lowest BCUT2D eigenvalue weighted by atomic mass is 10.1. The Bertz CT molecular complexity index is 467. The molecule has 0 atom stereocenters. The number of aromatic hydroxyl groups is 2. The van der Waals surface area contributed by atoms with E-state index in [9.17, 15) is 15.0 Å². The lowest BCUT2D eigenvalue weighted by molar-refractivity contribution is 0.0693. The highest BCUT2D eigenvalue weighted by Crippen LogP contribution is 2.26. The van der Waals surface area contributed by atoms with Gasteiger partial charge in [0.05, 0.1) is 12.2 Å². The number of carbonyl (C=O) groups is 1. The molecule has 0 aliphatic heterocycles. The first-order valence-corrected chi connectivity index (χ1v) is 4.45. The van der Waals surface area contributed by atoms with Crippen LogP contribution in [-0.2, 0) is 0 Å². The first-order valence-electron chi connectivity index (χ1n) is 4.45. The van der Waals surface area contributed by atoms with Crippen molar-refractivity contribution in [2.45, 2.75) is 6.42 Å². The summed E-state index contributed by atoms with van der Waals surface area (Å²) in [4.78, 5) is 10.7. The van der Waals surface area contributed by atoms with Crippen molar-refractivity contribution in [3.8, 4) is 23.3 Å². The quantitative estimate of drug-likeness (QED) is 0.547. The summed E-state index contributed by atoms with van der Waals surface area (Å²) in [6.07, 6.45) is 0.225.